The van der Waals surface area contributed by atoms with Crippen molar-refractivity contribution in [1.82, 2.24) is 19.4 Å². The van der Waals surface area contributed by atoms with Crippen molar-refractivity contribution in [1.29, 1.82) is 0 Å². The first-order valence-corrected chi connectivity index (χ1v) is 6.91. The smallest absolute Gasteiger partial charge is 0.331 e. The van der Waals surface area contributed by atoms with Gasteiger partial charge in [-0.2, -0.15) is 0 Å². The van der Waals surface area contributed by atoms with Crippen molar-refractivity contribution in [3.05, 3.63) is 18.2 Å². The maximum Gasteiger partial charge on any atom is 0.331 e. The number of rotatable bonds is 4. The maximum absolute atomic E-state index is 12.4. The molecule has 6 heteroatoms. The lowest BCUT2D eigenvalue weighted by molar-refractivity contribution is 0.125. The molecule has 1 aromatic rings. The number of hydrogen-bond acceptors (Lipinski definition) is 4. The van der Waals surface area contributed by atoms with Gasteiger partial charge in [0.1, 0.15) is 11.9 Å². The summed E-state index contributed by atoms with van der Waals surface area (Å²) in [5, 5.41) is 0. The third kappa shape index (κ3) is 1.74. The molecule has 1 amide bonds. The van der Waals surface area contributed by atoms with E-state index in [-0.39, 0.29) is 18.2 Å². The van der Waals surface area contributed by atoms with Gasteiger partial charge in [-0.15, -0.1) is 0 Å². The van der Waals surface area contributed by atoms with Crippen LogP contribution in [0, 0.1) is 0 Å². The maximum atomic E-state index is 12.4. The molecular formula is C13H19N5O. The number of carbonyl (C=O) groups excluding carboxylic acids is 1. The molecule has 0 fully saturated rings. The van der Waals surface area contributed by atoms with Crippen LogP contribution in [-0.2, 0) is 0 Å². The second kappa shape index (κ2) is 4.68. The highest BCUT2D eigenvalue weighted by Crippen LogP contribution is 2.35. The van der Waals surface area contributed by atoms with Gasteiger partial charge in [0.15, 0.2) is 6.17 Å². The zero-order valence-corrected chi connectivity index (χ0v) is 11.4. The fourth-order valence-corrected chi connectivity index (χ4v) is 2.88. The van der Waals surface area contributed by atoms with E-state index >= 15 is 0 Å². The van der Waals surface area contributed by atoms with Crippen molar-refractivity contribution in [2.45, 2.75) is 38.9 Å². The van der Waals surface area contributed by atoms with Gasteiger partial charge in [0.25, 0.3) is 0 Å². The highest BCUT2D eigenvalue weighted by atomic mass is 16.2. The Morgan fingerprint density at radius 2 is 2.05 bits per heavy atom. The van der Waals surface area contributed by atoms with E-state index in [2.05, 4.69) is 28.7 Å². The van der Waals surface area contributed by atoms with Crippen LogP contribution < -0.4 is 0 Å². The van der Waals surface area contributed by atoms with Crippen LogP contribution in [-0.4, -0.2) is 51.0 Å². The SMILES string of the molecule is CCCN1C=NC2C1c1nccn1C(=O)N2CCC. The number of nitrogens with zero attached hydrogens (tertiary/aromatic N) is 5. The van der Waals surface area contributed by atoms with Gasteiger partial charge in [-0.3, -0.25) is 9.47 Å². The van der Waals surface area contributed by atoms with Crippen molar-refractivity contribution in [3.8, 4) is 0 Å². The molecule has 2 aliphatic rings. The van der Waals surface area contributed by atoms with Gasteiger partial charge in [-0.05, 0) is 12.8 Å². The van der Waals surface area contributed by atoms with Gasteiger partial charge >= 0.3 is 6.03 Å². The highest BCUT2D eigenvalue weighted by Gasteiger charge is 2.45. The Morgan fingerprint density at radius 1 is 1.26 bits per heavy atom. The fourth-order valence-electron chi connectivity index (χ4n) is 2.88. The minimum absolute atomic E-state index is 0.00824. The molecule has 0 N–H and O–H groups in total. The van der Waals surface area contributed by atoms with Crippen molar-refractivity contribution >= 4 is 12.4 Å². The lowest BCUT2D eigenvalue weighted by Gasteiger charge is -2.38. The number of aromatic nitrogens is 2. The molecule has 0 aliphatic carbocycles. The molecule has 3 heterocycles. The summed E-state index contributed by atoms with van der Waals surface area (Å²) in [6.45, 7) is 5.89. The minimum atomic E-state index is -0.117. The molecular weight excluding hydrogens is 242 g/mol. The monoisotopic (exact) mass is 261 g/mol. The number of hydrogen-bond donors (Lipinski definition) is 0. The van der Waals surface area contributed by atoms with Gasteiger partial charge in [-0.25, -0.2) is 14.8 Å². The van der Waals surface area contributed by atoms with Gasteiger partial charge in [0.2, 0.25) is 0 Å². The molecule has 0 radical (unpaired) electrons. The van der Waals surface area contributed by atoms with Gasteiger partial charge in [0.05, 0.1) is 6.34 Å². The van der Waals surface area contributed by atoms with Crippen LogP contribution in [0.25, 0.3) is 0 Å². The summed E-state index contributed by atoms with van der Waals surface area (Å²) < 4.78 is 1.66. The summed E-state index contributed by atoms with van der Waals surface area (Å²) in [7, 11) is 0. The van der Waals surface area contributed by atoms with E-state index in [0.29, 0.717) is 0 Å². The average Bonchev–Trinajstić information content (AvgIpc) is 3.01. The van der Waals surface area contributed by atoms with Crippen LogP contribution in [0.3, 0.4) is 0 Å². The molecule has 0 spiro atoms. The van der Waals surface area contributed by atoms with E-state index in [4.69, 9.17) is 0 Å². The van der Waals surface area contributed by atoms with Gasteiger partial charge in [0, 0.05) is 25.5 Å². The molecule has 19 heavy (non-hydrogen) atoms. The highest BCUT2D eigenvalue weighted by molar-refractivity contribution is 5.80. The van der Waals surface area contributed by atoms with Crippen LogP contribution in [0.15, 0.2) is 17.4 Å². The molecule has 0 aromatic carbocycles. The first-order valence-electron chi connectivity index (χ1n) is 6.91. The minimum Gasteiger partial charge on any atom is -0.349 e. The zero-order valence-electron chi connectivity index (χ0n) is 11.4. The Labute approximate surface area is 112 Å². The summed E-state index contributed by atoms with van der Waals surface area (Å²) in [5.74, 6) is 0.813. The molecule has 2 atom stereocenters. The Balaban J connectivity index is 2.00. The van der Waals surface area contributed by atoms with E-state index in [0.717, 1.165) is 31.8 Å². The fraction of sp³-hybridized carbons (Fsp3) is 0.615. The second-order valence-electron chi connectivity index (χ2n) is 4.99. The molecule has 0 saturated carbocycles. The molecule has 102 valence electrons. The van der Waals surface area contributed by atoms with Crippen LogP contribution in [0.4, 0.5) is 4.79 Å². The first-order chi connectivity index (χ1) is 9.27. The number of fused-ring (bicyclic) bond motifs is 3. The summed E-state index contributed by atoms with van der Waals surface area (Å²) >= 11 is 0. The lowest BCUT2D eigenvalue weighted by atomic mass is 10.1. The second-order valence-corrected chi connectivity index (χ2v) is 4.99. The van der Waals surface area contributed by atoms with E-state index in [1.54, 1.807) is 17.0 Å². The van der Waals surface area contributed by atoms with Gasteiger partial charge in [-0.1, -0.05) is 13.8 Å². The normalized spacial score (nSPS) is 24.8. The number of aliphatic imine (C=N–C) groups is 1. The largest absolute Gasteiger partial charge is 0.349 e. The molecule has 3 rings (SSSR count). The average molecular weight is 261 g/mol. The molecule has 2 unspecified atom stereocenters. The molecule has 1 aromatic heterocycles. The Hall–Kier alpha value is -1.85. The number of carbonyl (C=O) groups is 1. The van der Waals surface area contributed by atoms with E-state index in [1.807, 2.05) is 11.2 Å². The molecule has 6 nitrogen and oxygen atoms in total. The van der Waals surface area contributed by atoms with Crippen LogP contribution in [0.5, 0.6) is 0 Å². The van der Waals surface area contributed by atoms with Crippen LogP contribution in [0.1, 0.15) is 38.6 Å². The summed E-state index contributed by atoms with van der Waals surface area (Å²) in [5.41, 5.74) is 0. The zero-order chi connectivity index (χ0) is 13.4. The Morgan fingerprint density at radius 3 is 2.79 bits per heavy atom. The van der Waals surface area contributed by atoms with E-state index < -0.39 is 0 Å². The topological polar surface area (TPSA) is 53.7 Å². The Kier molecular flexibility index (Phi) is 3.00. The first kappa shape index (κ1) is 12.2. The predicted octanol–water partition coefficient (Wildman–Crippen LogP) is 1.70. The standard InChI is InChI=1S/C13H19N5O/c1-3-6-16-9-15-12-10(16)11-14-5-8-18(11)13(19)17(12)7-4-2/h5,8-10,12H,3-4,6-7H2,1-2H3. The lowest BCUT2D eigenvalue weighted by Crippen LogP contribution is -2.51. The number of imidazole rings is 1. The number of amides is 1. The van der Waals surface area contributed by atoms with Crippen molar-refractivity contribution in [2.24, 2.45) is 4.99 Å². The molecule has 0 bridgehead atoms. The molecule has 0 saturated heterocycles. The van der Waals surface area contributed by atoms with E-state index in [9.17, 15) is 4.79 Å². The van der Waals surface area contributed by atoms with Crippen molar-refractivity contribution in [3.63, 3.8) is 0 Å². The van der Waals surface area contributed by atoms with Gasteiger partial charge < -0.3 is 4.90 Å². The van der Waals surface area contributed by atoms with Crippen molar-refractivity contribution < 1.29 is 4.79 Å². The third-order valence-electron chi connectivity index (χ3n) is 3.66. The summed E-state index contributed by atoms with van der Waals surface area (Å²) in [6, 6.07) is 0.0605. The van der Waals surface area contributed by atoms with Crippen molar-refractivity contribution in [2.75, 3.05) is 13.1 Å². The summed E-state index contributed by atoms with van der Waals surface area (Å²) in [6.07, 6.45) is 7.19. The Bertz CT molecular complexity index is 509. The predicted molar refractivity (Wildman–Crippen MR) is 72.0 cm³/mol. The van der Waals surface area contributed by atoms with Crippen LogP contribution >= 0.6 is 0 Å². The van der Waals surface area contributed by atoms with Crippen LogP contribution in [0.2, 0.25) is 0 Å². The quantitative estimate of drug-likeness (QED) is 0.829. The summed E-state index contributed by atoms with van der Waals surface area (Å²) in [4.78, 5) is 25.4. The van der Waals surface area contributed by atoms with E-state index in [1.165, 1.54) is 0 Å². The molecule has 2 aliphatic heterocycles. The third-order valence-corrected chi connectivity index (χ3v) is 3.66.